The van der Waals surface area contributed by atoms with Crippen molar-refractivity contribution < 1.29 is 32.7 Å². The van der Waals surface area contributed by atoms with E-state index < -0.39 is 40.5 Å². The number of rotatable bonds is 14. The van der Waals surface area contributed by atoms with Gasteiger partial charge in [0.25, 0.3) is 0 Å². The predicted octanol–water partition coefficient (Wildman–Crippen LogP) is 4.13. The van der Waals surface area contributed by atoms with E-state index in [1.165, 1.54) is 36.3 Å². The van der Waals surface area contributed by atoms with Crippen LogP contribution in [-0.4, -0.2) is 84.3 Å². The van der Waals surface area contributed by atoms with E-state index in [0.717, 1.165) is 15.4 Å². The molecule has 2 atom stereocenters. The second kappa shape index (κ2) is 16.2. The van der Waals surface area contributed by atoms with Gasteiger partial charge in [-0.3, -0.25) is 19.6 Å². The average Bonchev–Trinajstić information content (AvgIpc) is 3.05. The van der Waals surface area contributed by atoms with Gasteiger partial charge in [-0.05, 0) is 66.3 Å². The van der Waals surface area contributed by atoms with Gasteiger partial charge >= 0.3 is 0 Å². The summed E-state index contributed by atoms with van der Waals surface area (Å²) in [5, 5.41) is 9.88. The van der Waals surface area contributed by atoms with E-state index in [4.69, 9.17) is 16.3 Å². The molecule has 0 saturated carbocycles. The van der Waals surface area contributed by atoms with Gasteiger partial charge in [0.15, 0.2) is 0 Å². The zero-order chi connectivity index (χ0) is 34.1. The lowest BCUT2D eigenvalue weighted by atomic mass is 9.94. The monoisotopic (exact) mass is 684 g/mol. The molecule has 1 heterocycles. The van der Waals surface area contributed by atoms with Gasteiger partial charge in [-0.15, -0.1) is 0 Å². The Morgan fingerprint density at radius 2 is 1.72 bits per heavy atom. The van der Waals surface area contributed by atoms with Crippen LogP contribution in [0.5, 0.6) is 5.75 Å². The Kier molecular flexibility index (Phi) is 12.4. The summed E-state index contributed by atoms with van der Waals surface area (Å²) in [7, 11) is -2.73. The topological polar surface area (TPSA) is 137 Å². The van der Waals surface area contributed by atoms with Crippen LogP contribution >= 0.6 is 11.6 Å². The van der Waals surface area contributed by atoms with Crippen molar-refractivity contribution in [2.75, 3.05) is 26.7 Å². The Morgan fingerprint density at radius 3 is 2.34 bits per heavy atom. The van der Waals surface area contributed by atoms with Crippen LogP contribution in [-0.2, 0) is 37.4 Å². The third kappa shape index (κ3) is 9.32. The van der Waals surface area contributed by atoms with Crippen molar-refractivity contribution >= 4 is 39.3 Å². The normalized spacial score (nSPS) is 16.9. The first-order valence-corrected chi connectivity index (χ1v) is 17.2. The van der Waals surface area contributed by atoms with Gasteiger partial charge in [0, 0.05) is 24.7 Å². The highest BCUT2D eigenvalue weighted by Crippen LogP contribution is 2.28. The number of nitrogens with one attached hydrogen (secondary N) is 1. The molecule has 1 aliphatic heterocycles. The lowest BCUT2D eigenvalue weighted by Crippen LogP contribution is -2.65. The molecule has 0 radical (unpaired) electrons. The number of nitrogens with zero attached hydrogens (tertiary/aromatic N) is 3. The van der Waals surface area contributed by atoms with E-state index in [1.807, 2.05) is 50.2 Å². The first kappa shape index (κ1) is 35.9. The number of sulfonamides is 1. The van der Waals surface area contributed by atoms with Gasteiger partial charge in [-0.2, -0.15) is 4.31 Å². The number of carbonyl (C=O) groups excluding carboxylic acids is 3. The summed E-state index contributed by atoms with van der Waals surface area (Å²) in [6.07, 6.45) is 0.267. The van der Waals surface area contributed by atoms with Crippen LogP contribution in [0, 0.1) is 5.92 Å². The summed E-state index contributed by atoms with van der Waals surface area (Å²) in [6.45, 7) is 3.51. The Hall–Kier alpha value is -3.97. The molecule has 3 aromatic carbocycles. The summed E-state index contributed by atoms with van der Waals surface area (Å²) >= 11 is 6.17. The second-order valence-electron chi connectivity index (χ2n) is 11.9. The fourth-order valence-corrected chi connectivity index (χ4v) is 7.39. The number of hydrogen-bond acceptors (Lipinski definition) is 7. The molecule has 2 N–H and O–H groups in total. The third-order valence-electron chi connectivity index (χ3n) is 8.05. The molecule has 3 aromatic rings. The zero-order valence-electron chi connectivity index (χ0n) is 26.7. The minimum Gasteiger partial charge on any atom is -0.497 e. The summed E-state index contributed by atoms with van der Waals surface area (Å²) in [4.78, 5) is 43.8. The highest BCUT2D eigenvalue weighted by molar-refractivity contribution is 7.89. The van der Waals surface area contributed by atoms with Crippen molar-refractivity contribution in [3.63, 3.8) is 0 Å². The highest BCUT2D eigenvalue weighted by Gasteiger charge is 2.44. The van der Waals surface area contributed by atoms with Crippen LogP contribution in [0.25, 0.3) is 0 Å². The smallest absolute Gasteiger partial charge is 0.245 e. The number of piperazine rings is 1. The number of hydroxylamine groups is 1. The molecule has 13 heteroatoms. The molecule has 252 valence electrons. The number of benzene rings is 3. The molecule has 4 rings (SSSR count). The van der Waals surface area contributed by atoms with Crippen molar-refractivity contribution in [2.45, 2.75) is 56.6 Å². The summed E-state index contributed by atoms with van der Waals surface area (Å²) in [5.41, 5.74) is 3.29. The number of ether oxygens (including phenoxy) is 1. The molecule has 0 aromatic heterocycles. The number of methoxy groups -OCH3 is 1. The summed E-state index contributed by atoms with van der Waals surface area (Å²) in [6, 6.07) is 20.5. The van der Waals surface area contributed by atoms with Gasteiger partial charge < -0.3 is 14.5 Å². The number of hydrogen-bond donors (Lipinski definition) is 2. The summed E-state index contributed by atoms with van der Waals surface area (Å²) < 4.78 is 34.4. The first-order valence-electron chi connectivity index (χ1n) is 15.4. The quantitative estimate of drug-likeness (QED) is 0.193. The molecule has 0 bridgehead atoms. The molecule has 0 spiro atoms. The lowest BCUT2D eigenvalue weighted by molar-refractivity contribution is -0.159. The van der Waals surface area contributed by atoms with Crippen molar-refractivity contribution in [3.8, 4) is 5.75 Å². The molecule has 1 saturated heterocycles. The van der Waals surface area contributed by atoms with Gasteiger partial charge in [0.05, 0.1) is 31.0 Å². The molecular formula is C34H41ClN4O7S. The molecule has 47 heavy (non-hydrogen) atoms. The van der Waals surface area contributed by atoms with Crippen LogP contribution in [0.2, 0.25) is 5.02 Å². The fraction of sp³-hybridized carbons (Fsp3) is 0.382. The standard InChI is InChI=1S/C34H41ClN4O7S/c1-24(2)18-31-34(42)37(21-26-8-5-4-6-9-26)22-28(20-32(40)36-43)39(31)33(41)23-38(17-16-25-10-7-11-27(35)19-25)47(44,45)30-14-12-29(46-3)13-15-30/h4-15,19,24,28,31,43H,16-18,20-23H2,1-3H3,(H,36,40). The first-order chi connectivity index (χ1) is 22.4. The highest BCUT2D eigenvalue weighted by atomic mass is 35.5. The van der Waals surface area contributed by atoms with Gasteiger partial charge in [-0.25, -0.2) is 13.9 Å². The maximum Gasteiger partial charge on any atom is 0.245 e. The Bertz CT molecular complexity index is 1640. The maximum atomic E-state index is 14.3. The molecule has 2 unspecified atom stereocenters. The van der Waals surface area contributed by atoms with Gasteiger partial charge in [0.2, 0.25) is 27.7 Å². The van der Waals surface area contributed by atoms with Crippen LogP contribution < -0.4 is 10.2 Å². The van der Waals surface area contributed by atoms with Crippen molar-refractivity contribution in [2.24, 2.45) is 5.92 Å². The van der Waals surface area contributed by atoms with E-state index in [0.29, 0.717) is 17.2 Å². The Labute approximate surface area is 281 Å². The second-order valence-corrected chi connectivity index (χ2v) is 14.3. The maximum absolute atomic E-state index is 14.3. The lowest BCUT2D eigenvalue weighted by Gasteiger charge is -2.47. The number of carbonyl (C=O) groups is 3. The van der Waals surface area contributed by atoms with E-state index >= 15 is 0 Å². The molecular weight excluding hydrogens is 644 g/mol. The Balaban J connectivity index is 1.70. The third-order valence-corrected chi connectivity index (χ3v) is 10.1. The van der Waals surface area contributed by atoms with Crippen molar-refractivity contribution in [3.05, 3.63) is 95.0 Å². The number of halogens is 1. The molecule has 11 nitrogen and oxygen atoms in total. The van der Waals surface area contributed by atoms with E-state index in [1.54, 1.807) is 28.6 Å². The van der Waals surface area contributed by atoms with Crippen LogP contribution in [0.1, 0.15) is 37.8 Å². The number of amides is 3. The molecule has 0 aliphatic carbocycles. The molecule has 3 amide bonds. The zero-order valence-corrected chi connectivity index (χ0v) is 28.3. The van der Waals surface area contributed by atoms with Crippen molar-refractivity contribution in [1.82, 2.24) is 19.6 Å². The van der Waals surface area contributed by atoms with Gasteiger partial charge in [0.1, 0.15) is 11.8 Å². The largest absolute Gasteiger partial charge is 0.497 e. The summed E-state index contributed by atoms with van der Waals surface area (Å²) in [5.74, 6) is -1.18. The SMILES string of the molecule is COc1ccc(S(=O)(=O)N(CCc2cccc(Cl)c2)CC(=O)N2C(CC(=O)NO)CN(Cc3ccccc3)C(=O)C2CC(C)C)cc1. The van der Waals surface area contributed by atoms with E-state index in [-0.39, 0.29) is 49.2 Å². The Morgan fingerprint density at radius 1 is 1.04 bits per heavy atom. The average molecular weight is 685 g/mol. The predicted molar refractivity (Wildman–Crippen MR) is 177 cm³/mol. The van der Waals surface area contributed by atoms with Gasteiger partial charge in [-0.1, -0.05) is 67.9 Å². The molecule has 1 fully saturated rings. The van der Waals surface area contributed by atoms with E-state index in [9.17, 15) is 28.0 Å². The fourth-order valence-electron chi connectivity index (χ4n) is 5.78. The minimum atomic E-state index is -4.21. The van der Waals surface area contributed by atoms with E-state index in [2.05, 4.69) is 0 Å². The minimum absolute atomic E-state index is 0.00907. The van der Waals surface area contributed by atoms with Crippen LogP contribution in [0.15, 0.2) is 83.8 Å². The van der Waals surface area contributed by atoms with Crippen molar-refractivity contribution in [1.29, 1.82) is 0 Å². The van der Waals surface area contributed by atoms with Crippen LogP contribution in [0.3, 0.4) is 0 Å². The van der Waals surface area contributed by atoms with Crippen LogP contribution in [0.4, 0.5) is 0 Å². The molecule has 1 aliphatic rings.